The van der Waals surface area contributed by atoms with Crippen molar-refractivity contribution in [2.75, 3.05) is 19.5 Å². The van der Waals surface area contributed by atoms with E-state index in [0.29, 0.717) is 17.2 Å². The van der Waals surface area contributed by atoms with Gasteiger partial charge in [0, 0.05) is 12.1 Å². The maximum absolute atomic E-state index is 11.8. The largest absolute Gasteiger partial charge is 0.497 e. The number of hydrogen-bond donors (Lipinski definition) is 1. The van der Waals surface area contributed by atoms with Crippen LogP contribution in [0.2, 0.25) is 0 Å². The Hall–Kier alpha value is -2.27. The minimum atomic E-state index is -0.209. The van der Waals surface area contributed by atoms with Crippen molar-refractivity contribution < 1.29 is 14.3 Å². The first-order chi connectivity index (χ1) is 9.72. The van der Waals surface area contributed by atoms with Gasteiger partial charge in [0.15, 0.2) is 0 Å². The van der Waals surface area contributed by atoms with Gasteiger partial charge in [-0.15, -0.1) is 0 Å². The summed E-state index contributed by atoms with van der Waals surface area (Å²) in [5, 5.41) is 6.70. The van der Waals surface area contributed by atoms with Crippen molar-refractivity contribution in [3.63, 3.8) is 0 Å². The normalized spacial score (nSPS) is 10.5. The highest BCUT2D eigenvalue weighted by molar-refractivity contribution is 7.08. The number of nitrogens with one attached hydrogen (secondary N) is 1. The molecule has 0 radical (unpaired) electrons. The second kappa shape index (κ2) is 6.77. The van der Waals surface area contributed by atoms with E-state index >= 15 is 0 Å². The number of hydrogen-bond acceptors (Lipinski definition) is 4. The minimum Gasteiger partial charge on any atom is -0.497 e. The van der Waals surface area contributed by atoms with E-state index in [9.17, 15) is 4.79 Å². The second-order valence-corrected chi connectivity index (χ2v) is 4.73. The Bertz CT molecular complexity index is 606. The lowest BCUT2D eigenvalue weighted by atomic mass is 10.2. The zero-order valence-electron chi connectivity index (χ0n) is 11.3. The average molecular weight is 289 g/mol. The Balaban J connectivity index is 2.07. The fourth-order valence-corrected chi connectivity index (χ4v) is 2.25. The van der Waals surface area contributed by atoms with E-state index in [-0.39, 0.29) is 5.91 Å². The summed E-state index contributed by atoms with van der Waals surface area (Å²) in [7, 11) is 3.13. The van der Waals surface area contributed by atoms with Gasteiger partial charge in [-0.3, -0.25) is 4.79 Å². The molecule has 2 rings (SSSR count). The summed E-state index contributed by atoms with van der Waals surface area (Å²) < 4.78 is 10.3. The molecule has 0 fully saturated rings. The molecule has 0 saturated carbocycles. The van der Waals surface area contributed by atoms with Gasteiger partial charge in [-0.1, -0.05) is 0 Å². The number of anilines is 1. The lowest BCUT2D eigenvalue weighted by Crippen LogP contribution is -2.08. The smallest absolute Gasteiger partial charge is 0.248 e. The van der Waals surface area contributed by atoms with Crippen molar-refractivity contribution in [3.05, 3.63) is 46.7 Å². The van der Waals surface area contributed by atoms with Gasteiger partial charge in [0.2, 0.25) is 5.91 Å². The molecule has 1 heterocycles. The van der Waals surface area contributed by atoms with Gasteiger partial charge in [-0.05, 0) is 40.6 Å². The first-order valence-corrected chi connectivity index (χ1v) is 6.90. The van der Waals surface area contributed by atoms with Crippen LogP contribution in [0, 0.1) is 0 Å². The van der Waals surface area contributed by atoms with Gasteiger partial charge in [-0.25, -0.2) is 0 Å². The monoisotopic (exact) mass is 289 g/mol. The number of carbonyl (C=O) groups is 1. The fraction of sp³-hybridized carbons (Fsp3) is 0.133. The Kier molecular flexibility index (Phi) is 4.79. The number of benzene rings is 1. The third-order valence-electron chi connectivity index (χ3n) is 2.64. The predicted molar refractivity (Wildman–Crippen MR) is 81.5 cm³/mol. The fourth-order valence-electron chi connectivity index (χ4n) is 1.62. The highest BCUT2D eigenvalue weighted by atomic mass is 32.1. The molecule has 0 saturated heterocycles. The SMILES string of the molecule is COc1ccc(NC(=O)C=Cc2ccsc2)c(OC)c1. The maximum atomic E-state index is 11.8. The van der Waals surface area contributed by atoms with Crippen molar-refractivity contribution in [3.8, 4) is 11.5 Å². The van der Waals surface area contributed by atoms with Crippen LogP contribution in [0.4, 0.5) is 5.69 Å². The molecule has 20 heavy (non-hydrogen) atoms. The number of carbonyl (C=O) groups excluding carboxylic acids is 1. The summed E-state index contributed by atoms with van der Waals surface area (Å²) >= 11 is 1.59. The van der Waals surface area contributed by atoms with Crippen LogP contribution in [-0.4, -0.2) is 20.1 Å². The van der Waals surface area contributed by atoms with Crippen molar-refractivity contribution in [2.45, 2.75) is 0 Å². The van der Waals surface area contributed by atoms with Crippen LogP contribution < -0.4 is 14.8 Å². The van der Waals surface area contributed by atoms with Crippen LogP contribution in [0.15, 0.2) is 41.1 Å². The third-order valence-corrected chi connectivity index (χ3v) is 3.34. The molecular formula is C15H15NO3S. The van der Waals surface area contributed by atoms with Gasteiger partial charge in [-0.2, -0.15) is 11.3 Å². The standard InChI is InChI=1S/C15H15NO3S/c1-18-12-4-5-13(14(9-12)19-2)16-15(17)6-3-11-7-8-20-10-11/h3-10H,1-2H3,(H,16,17). The van der Waals surface area contributed by atoms with Gasteiger partial charge < -0.3 is 14.8 Å². The Labute approximate surface area is 121 Å². The molecule has 0 aliphatic carbocycles. The number of rotatable bonds is 5. The molecule has 5 heteroatoms. The van der Waals surface area contributed by atoms with E-state index in [0.717, 1.165) is 5.56 Å². The van der Waals surface area contributed by atoms with Crippen LogP contribution in [0.3, 0.4) is 0 Å². The summed E-state index contributed by atoms with van der Waals surface area (Å²) in [4.78, 5) is 11.8. The Morgan fingerprint density at radius 1 is 1.25 bits per heavy atom. The van der Waals surface area contributed by atoms with E-state index < -0.39 is 0 Å². The van der Waals surface area contributed by atoms with E-state index in [1.54, 1.807) is 49.8 Å². The van der Waals surface area contributed by atoms with Crippen LogP contribution in [0.1, 0.15) is 5.56 Å². The van der Waals surface area contributed by atoms with Crippen molar-refractivity contribution in [1.29, 1.82) is 0 Å². The topological polar surface area (TPSA) is 47.6 Å². The molecule has 0 aliphatic heterocycles. The van der Waals surface area contributed by atoms with Gasteiger partial charge >= 0.3 is 0 Å². The van der Waals surface area contributed by atoms with E-state index in [1.165, 1.54) is 6.08 Å². The van der Waals surface area contributed by atoms with Gasteiger partial charge in [0.05, 0.1) is 19.9 Å². The molecular weight excluding hydrogens is 274 g/mol. The summed E-state index contributed by atoms with van der Waals surface area (Å²) in [6.45, 7) is 0. The Morgan fingerprint density at radius 2 is 2.10 bits per heavy atom. The second-order valence-electron chi connectivity index (χ2n) is 3.95. The predicted octanol–water partition coefficient (Wildman–Crippen LogP) is 3.42. The van der Waals surface area contributed by atoms with Crippen molar-refractivity contribution >= 4 is 29.0 Å². The summed E-state index contributed by atoms with van der Waals surface area (Å²) in [5.74, 6) is 1.02. The molecule has 1 N–H and O–H groups in total. The third kappa shape index (κ3) is 3.61. The molecule has 4 nitrogen and oxygen atoms in total. The van der Waals surface area contributed by atoms with Crippen molar-refractivity contribution in [2.24, 2.45) is 0 Å². The molecule has 1 aromatic carbocycles. The first kappa shape index (κ1) is 14.1. The molecule has 0 aliphatic rings. The highest BCUT2D eigenvalue weighted by Crippen LogP contribution is 2.28. The molecule has 2 aromatic rings. The number of amides is 1. The molecule has 1 amide bonds. The minimum absolute atomic E-state index is 0.209. The number of ether oxygens (including phenoxy) is 2. The van der Waals surface area contributed by atoms with Crippen molar-refractivity contribution in [1.82, 2.24) is 0 Å². The number of thiophene rings is 1. The lowest BCUT2D eigenvalue weighted by Gasteiger charge is -2.10. The van der Waals surface area contributed by atoms with Crippen LogP contribution in [0.5, 0.6) is 11.5 Å². The molecule has 0 atom stereocenters. The summed E-state index contributed by atoms with van der Waals surface area (Å²) in [6.07, 6.45) is 3.26. The lowest BCUT2D eigenvalue weighted by molar-refractivity contribution is -0.111. The first-order valence-electron chi connectivity index (χ1n) is 5.96. The van der Waals surface area contributed by atoms with Crippen LogP contribution in [-0.2, 0) is 4.79 Å². The zero-order chi connectivity index (χ0) is 14.4. The van der Waals surface area contributed by atoms with Gasteiger partial charge in [0.25, 0.3) is 0 Å². The van der Waals surface area contributed by atoms with E-state index in [2.05, 4.69) is 5.32 Å². The number of methoxy groups -OCH3 is 2. The van der Waals surface area contributed by atoms with Crippen LogP contribution >= 0.6 is 11.3 Å². The van der Waals surface area contributed by atoms with E-state index in [4.69, 9.17) is 9.47 Å². The molecule has 0 unspecified atom stereocenters. The average Bonchev–Trinajstić information content (AvgIpc) is 2.99. The zero-order valence-corrected chi connectivity index (χ0v) is 12.1. The quantitative estimate of drug-likeness (QED) is 0.858. The Morgan fingerprint density at radius 3 is 2.75 bits per heavy atom. The van der Waals surface area contributed by atoms with Gasteiger partial charge in [0.1, 0.15) is 11.5 Å². The summed E-state index contributed by atoms with van der Waals surface area (Å²) in [6, 6.07) is 7.18. The molecule has 1 aromatic heterocycles. The summed E-state index contributed by atoms with van der Waals surface area (Å²) in [5.41, 5.74) is 1.61. The molecule has 0 bridgehead atoms. The molecule has 0 spiro atoms. The highest BCUT2D eigenvalue weighted by Gasteiger charge is 2.06. The van der Waals surface area contributed by atoms with E-state index in [1.807, 2.05) is 16.8 Å². The maximum Gasteiger partial charge on any atom is 0.248 e. The van der Waals surface area contributed by atoms with Crippen LogP contribution in [0.25, 0.3) is 6.08 Å². The molecule has 104 valence electrons.